The number of rotatable bonds is 9. The van der Waals surface area contributed by atoms with Gasteiger partial charge in [0.1, 0.15) is 11.5 Å². The summed E-state index contributed by atoms with van der Waals surface area (Å²) in [6.45, 7) is 4.64. The van der Waals surface area contributed by atoms with Gasteiger partial charge < -0.3 is 14.8 Å². The molecule has 7 nitrogen and oxygen atoms in total. The molecule has 0 saturated carbocycles. The van der Waals surface area contributed by atoms with Crippen molar-refractivity contribution in [1.29, 1.82) is 0 Å². The molecule has 0 aliphatic heterocycles. The predicted molar refractivity (Wildman–Crippen MR) is 120 cm³/mol. The zero-order valence-corrected chi connectivity index (χ0v) is 18.1. The smallest absolute Gasteiger partial charge is 0.266 e. The number of carbonyl (C=O) groups excluding carboxylic acids is 1. The molecular formula is C23H24ClN3O4. The van der Waals surface area contributed by atoms with Crippen LogP contribution in [0, 0.1) is 0 Å². The van der Waals surface area contributed by atoms with Crippen LogP contribution in [-0.2, 0) is 11.3 Å². The molecule has 3 rings (SSSR count). The number of nitrogens with one attached hydrogen (secondary N) is 1. The Bertz CT molecular complexity index is 1080. The minimum atomic E-state index is -0.710. The summed E-state index contributed by atoms with van der Waals surface area (Å²) >= 11 is 5.93. The maximum atomic E-state index is 12.3. The first-order valence-corrected chi connectivity index (χ1v) is 10.4. The number of aromatic nitrogens is 2. The molecule has 0 radical (unpaired) electrons. The summed E-state index contributed by atoms with van der Waals surface area (Å²) < 4.78 is 12.4. The highest BCUT2D eigenvalue weighted by Gasteiger charge is 2.14. The van der Waals surface area contributed by atoms with E-state index in [-0.39, 0.29) is 24.6 Å². The van der Waals surface area contributed by atoms with Crippen LogP contribution in [0.25, 0.3) is 11.3 Å². The summed E-state index contributed by atoms with van der Waals surface area (Å²) in [5, 5.41) is 7.69. The van der Waals surface area contributed by atoms with Gasteiger partial charge >= 0.3 is 0 Å². The van der Waals surface area contributed by atoms with Crippen LogP contribution in [0.1, 0.15) is 13.8 Å². The Morgan fingerprint density at radius 3 is 2.61 bits per heavy atom. The molecular weight excluding hydrogens is 418 g/mol. The van der Waals surface area contributed by atoms with E-state index in [1.807, 2.05) is 31.2 Å². The molecule has 2 aromatic carbocycles. The van der Waals surface area contributed by atoms with E-state index in [0.717, 1.165) is 11.3 Å². The Morgan fingerprint density at radius 1 is 1.13 bits per heavy atom. The van der Waals surface area contributed by atoms with Crippen molar-refractivity contribution < 1.29 is 14.3 Å². The van der Waals surface area contributed by atoms with Gasteiger partial charge in [-0.2, -0.15) is 5.10 Å². The first-order valence-electron chi connectivity index (χ1n) is 9.97. The van der Waals surface area contributed by atoms with E-state index in [1.54, 1.807) is 37.3 Å². The van der Waals surface area contributed by atoms with E-state index in [4.69, 9.17) is 21.1 Å². The fourth-order valence-corrected chi connectivity index (χ4v) is 3.06. The minimum absolute atomic E-state index is 0.235. The molecule has 1 aromatic heterocycles. The van der Waals surface area contributed by atoms with Crippen LogP contribution in [0.4, 0.5) is 0 Å². The SMILES string of the molecule is CCOc1ccc(-c2ccc(=O)n(CCNC(=O)C(C)Oc3cccc(Cl)c3)n2)cc1. The van der Waals surface area contributed by atoms with Crippen LogP contribution in [0.2, 0.25) is 5.02 Å². The largest absolute Gasteiger partial charge is 0.494 e. The lowest BCUT2D eigenvalue weighted by Crippen LogP contribution is -2.39. The molecule has 0 bridgehead atoms. The molecule has 0 spiro atoms. The zero-order chi connectivity index (χ0) is 22.2. The van der Waals surface area contributed by atoms with Crippen LogP contribution in [0.5, 0.6) is 11.5 Å². The lowest BCUT2D eigenvalue weighted by Gasteiger charge is -2.15. The second-order valence-corrected chi connectivity index (χ2v) is 7.18. The number of nitrogens with zero attached hydrogens (tertiary/aromatic N) is 2. The number of amides is 1. The van der Waals surface area contributed by atoms with Crippen molar-refractivity contribution in [2.75, 3.05) is 13.2 Å². The fraction of sp³-hybridized carbons (Fsp3) is 0.261. The van der Waals surface area contributed by atoms with Crippen LogP contribution in [-0.4, -0.2) is 34.9 Å². The Hall–Kier alpha value is -3.32. The molecule has 0 saturated heterocycles. The van der Waals surface area contributed by atoms with Gasteiger partial charge in [0.05, 0.1) is 18.8 Å². The lowest BCUT2D eigenvalue weighted by atomic mass is 10.1. The van der Waals surface area contributed by atoms with Crippen molar-refractivity contribution in [3.8, 4) is 22.8 Å². The number of ether oxygens (including phenoxy) is 2. The summed E-state index contributed by atoms with van der Waals surface area (Å²) in [4.78, 5) is 24.4. The summed E-state index contributed by atoms with van der Waals surface area (Å²) in [5.41, 5.74) is 1.28. The molecule has 0 aliphatic carbocycles. The van der Waals surface area contributed by atoms with E-state index in [9.17, 15) is 9.59 Å². The second-order valence-electron chi connectivity index (χ2n) is 6.75. The van der Waals surface area contributed by atoms with Gasteiger partial charge in [0.25, 0.3) is 11.5 Å². The third-order valence-electron chi connectivity index (χ3n) is 4.43. The third kappa shape index (κ3) is 6.33. The molecule has 1 heterocycles. The second kappa shape index (κ2) is 10.6. The molecule has 162 valence electrons. The van der Waals surface area contributed by atoms with Gasteiger partial charge in [0.15, 0.2) is 6.10 Å². The van der Waals surface area contributed by atoms with Crippen molar-refractivity contribution >= 4 is 17.5 Å². The normalized spacial score (nSPS) is 11.6. The van der Waals surface area contributed by atoms with Gasteiger partial charge in [-0.1, -0.05) is 17.7 Å². The van der Waals surface area contributed by atoms with Crippen molar-refractivity contribution in [3.05, 3.63) is 76.0 Å². The summed E-state index contributed by atoms with van der Waals surface area (Å²) in [6.07, 6.45) is -0.710. The van der Waals surface area contributed by atoms with Crippen LogP contribution < -0.4 is 20.3 Å². The first-order chi connectivity index (χ1) is 15.0. The molecule has 1 N–H and O–H groups in total. The van der Waals surface area contributed by atoms with Crippen LogP contribution in [0.15, 0.2) is 65.5 Å². The Morgan fingerprint density at radius 2 is 1.90 bits per heavy atom. The Balaban J connectivity index is 1.58. The van der Waals surface area contributed by atoms with Crippen molar-refractivity contribution in [1.82, 2.24) is 15.1 Å². The molecule has 3 aromatic rings. The topological polar surface area (TPSA) is 82.5 Å². The van der Waals surface area contributed by atoms with Gasteiger partial charge in [0.2, 0.25) is 0 Å². The average molecular weight is 442 g/mol. The number of halogens is 1. The molecule has 1 amide bonds. The van der Waals surface area contributed by atoms with E-state index in [0.29, 0.717) is 23.1 Å². The molecule has 1 unspecified atom stereocenters. The third-order valence-corrected chi connectivity index (χ3v) is 4.66. The molecule has 0 aliphatic rings. The summed E-state index contributed by atoms with van der Waals surface area (Å²) in [6, 6.07) is 17.5. The monoisotopic (exact) mass is 441 g/mol. The standard InChI is InChI=1S/C23H24ClN3O4/c1-3-30-19-9-7-17(8-10-19)21-11-12-22(28)27(26-21)14-13-25-23(29)16(2)31-20-6-4-5-18(24)15-20/h4-12,15-16H,3,13-14H2,1-2H3,(H,25,29). The highest BCUT2D eigenvalue weighted by molar-refractivity contribution is 6.30. The highest BCUT2D eigenvalue weighted by atomic mass is 35.5. The fourth-order valence-electron chi connectivity index (χ4n) is 2.88. The average Bonchev–Trinajstić information content (AvgIpc) is 2.76. The first kappa shape index (κ1) is 22.4. The Labute approximate surface area is 185 Å². The van der Waals surface area contributed by atoms with Gasteiger partial charge in [-0.05, 0) is 62.4 Å². The number of hydrogen-bond donors (Lipinski definition) is 1. The maximum Gasteiger partial charge on any atom is 0.266 e. The van der Waals surface area contributed by atoms with E-state index >= 15 is 0 Å². The van der Waals surface area contributed by atoms with Gasteiger partial charge in [-0.15, -0.1) is 0 Å². The molecule has 8 heteroatoms. The van der Waals surface area contributed by atoms with E-state index < -0.39 is 6.10 Å². The molecule has 1 atom stereocenters. The van der Waals surface area contributed by atoms with Crippen LogP contribution in [0.3, 0.4) is 0 Å². The van der Waals surface area contributed by atoms with Crippen molar-refractivity contribution in [2.45, 2.75) is 26.5 Å². The van der Waals surface area contributed by atoms with E-state index in [1.165, 1.54) is 10.7 Å². The zero-order valence-electron chi connectivity index (χ0n) is 17.4. The maximum absolute atomic E-state index is 12.3. The lowest BCUT2D eigenvalue weighted by molar-refractivity contribution is -0.127. The number of carbonyl (C=O) groups is 1. The van der Waals surface area contributed by atoms with Gasteiger partial charge in [-0.3, -0.25) is 9.59 Å². The van der Waals surface area contributed by atoms with Gasteiger partial charge in [0, 0.05) is 23.2 Å². The number of hydrogen-bond acceptors (Lipinski definition) is 5. The van der Waals surface area contributed by atoms with Crippen LogP contribution >= 0.6 is 11.6 Å². The van der Waals surface area contributed by atoms with Gasteiger partial charge in [-0.25, -0.2) is 4.68 Å². The summed E-state index contributed by atoms with van der Waals surface area (Å²) in [7, 11) is 0. The minimum Gasteiger partial charge on any atom is -0.494 e. The number of benzene rings is 2. The quantitative estimate of drug-likeness (QED) is 0.549. The van der Waals surface area contributed by atoms with Crippen molar-refractivity contribution in [3.63, 3.8) is 0 Å². The highest BCUT2D eigenvalue weighted by Crippen LogP contribution is 2.20. The van der Waals surface area contributed by atoms with E-state index in [2.05, 4.69) is 10.4 Å². The predicted octanol–water partition coefficient (Wildman–Crippen LogP) is 3.55. The summed E-state index contributed by atoms with van der Waals surface area (Å²) in [5.74, 6) is 0.989. The molecule has 0 fully saturated rings. The molecule has 31 heavy (non-hydrogen) atoms. The van der Waals surface area contributed by atoms with Crippen molar-refractivity contribution in [2.24, 2.45) is 0 Å². The Kier molecular flexibility index (Phi) is 7.67.